The molecule has 2 N–H and O–H groups in total. The van der Waals surface area contributed by atoms with Crippen LogP contribution >= 0.6 is 0 Å². The van der Waals surface area contributed by atoms with Crippen molar-refractivity contribution in [2.75, 3.05) is 0 Å². The second kappa shape index (κ2) is 6.25. The monoisotopic (exact) mass is 281 g/mol. The number of amides is 1. The molecular formula is C12H18F3NO3. The molecule has 0 saturated heterocycles. The number of hydrogen-bond acceptors (Lipinski definition) is 2. The SMILES string of the molecule is CCC(NC(=O)C1CCC(C(F)(F)F)CC1)C(=O)O. The molecule has 19 heavy (non-hydrogen) atoms. The van der Waals surface area contributed by atoms with Crippen molar-refractivity contribution in [3.05, 3.63) is 0 Å². The predicted octanol–water partition coefficient (Wildman–Crippen LogP) is 2.33. The second-order valence-corrected chi connectivity index (χ2v) is 4.90. The van der Waals surface area contributed by atoms with E-state index in [2.05, 4.69) is 5.32 Å². The highest BCUT2D eigenvalue weighted by Crippen LogP contribution is 2.39. The molecule has 1 amide bonds. The molecule has 4 nitrogen and oxygen atoms in total. The molecule has 1 saturated carbocycles. The van der Waals surface area contributed by atoms with Gasteiger partial charge in [-0.2, -0.15) is 13.2 Å². The van der Waals surface area contributed by atoms with Crippen molar-refractivity contribution in [3.8, 4) is 0 Å². The molecule has 0 spiro atoms. The van der Waals surface area contributed by atoms with Gasteiger partial charge in [0.2, 0.25) is 5.91 Å². The Kier molecular flexibility index (Phi) is 5.20. The minimum absolute atomic E-state index is 0.0640. The maximum atomic E-state index is 12.5. The Hall–Kier alpha value is -1.27. The number of carboxylic acid groups (broad SMARTS) is 1. The van der Waals surface area contributed by atoms with E-state index in [0.717, 1.165) is 0 Å². The smallest absolute Gasteiger partial charge is 0.391 e. The van der Waals surface area contributed by atoms with E-state index in [1.165, 1.54) is 0 Å². The van der Waals surface area contributed by atoms with Crippen LogP contribution in [0.15, 0.2) is 0 Å². The van der Waals surface area contributed by atoms with Gasteiger partial charge < -0.3 is 10.4 Å². The van der Waals surface area contributed by atoms with Gasteiger partial charge in [0.15, 0.2) is 0 Å². The van der Waals surface area contributed by atoms with E-state index in [-0.39, 0.29) is 32.1 Å². The number of aliphatic carboxylic acids is 1. The highest BCUT2D eigenvalue weighted by Gasteiger charge is 2.42. The predicted molar refractivity (Wildman–Crippen MR) is 61.4 cm³/mol. The number of carbonyl (C=O) groups is 2. The van der Waals surface area contributed by atoms with Crippen molar-refractivity contribution in [2.24, 2.45) is 11.8 Å². The molecule has 0 aromatic carbocycles. The second-order valence-electron chi connectivity index (χ2n) is 4.90. The molecule has 1 fully saturated rings. The molecule has 0 radical (unpaired) electrons. The lowest BCUT2D eigenvalue weighted by Crippen LogP contribution is -2.44. The van der Waals surface area contributed by atoms with Gasteiger partial charge in [0.25, 0.3) is 0 Å². The third kappa shape index (κ3) is 4.40. The van der Waals surface area contributed by atoms with E-state index in [4.69, 9.17) is 5.11 Å². The van der Waals surface area contributed by atoms with Crippen LogP contribution in [0, 0.1) is 11.8 Å². The molecule has 0 aliphatic heterocycles. The van der Waals surface area contributed by atoms with Crippen molar-refractivity contribution in [1.82, 2.24) is 5.32 Å². The lowest BCUT2D eigenvalue weighted by atomic mass is 9.81. The van der Waals surface area contributed by atoms with Crippen LogP contribution in [0.1, 0.15) is 39.0 Å². The van der Waals surface area contributed by atoms with E-state index >= 15 is 0 Å². The number of alkyl halides is 3. The van der Waals surface area contributed by atoms with Gasteiger partial charge in [0.1, 0.15) is 6.04 Å². The number of rotatable bonds is 4. The molecule has 1 aliphatic rings. The third-order valence-corrected chi connectivity index (χ3v) is 3.58. The number of carbonyl (C=O) groups excluding carboxylic acids is 1. The lowest BCUT2D eigenvalue weighted by Gasteiger charge is -2.29. The Morgan fingerprint density at radius 1 is 1.26 bits per heavy atom. The highest BCUT2D eigenvalue weighted by molar-refractivity contribution is 5.84. The first-order chi connectivity index (χ1) is 8.75. The molecule has 0 aromatic rings. The number of nitrogens with one attached hydrogen (secondary N) is 1. The highest BCUT2D eigenvalue weighted by atomic mass is 19.4. The maximum absolute atomic E-state index is 12.5. The van der Waals surface area contributed by atoms with E-state index in [9.17, 15) is 22.8 Å². The largest absolute Gasteiger partial charge is 0.480 e. The molecule has 1 unspecified atom stereocenters. The van der Waals surface area contributed by atoms with Crippen LogP contribution in [-0.2, 0) is 9.59 Å². The van der Waals surface area contributed by atoms with Crippen molar-refractivity contribution in [3.63, 3.8) is 0 Å². The average Bonchev–Trinajstić information content (AvgIpc) is 2.34. The van der Waals surface area contributed by atoms with Crippen LogP contribution in [-0.4, -0.2) is 29.2 Å². The maximum Gasteiger partial charge on any atom is 0.391 e. The molecular weight excluding hydrogens is 263 g/mol. The summed E-state index contributed by atoms with van der Waals surface area (Å²) in [4.78, 5) is 22.5. The number of hydrogen-bond donors (Lipinski definition) is 2. The molecule has 1 aliphatic carbocycles. The normalized spacial score (nSPS) is 25.7. The van der Waals surface area contributed by atoms with Gasteiger partial charge in [-0.05, 0) is 32.1 Å². The van der Waals surface area contributed by atoms with Gasteiger partial charge in [0.05, 0.1) is 5.92 Å². The summed E-state index contributed by atoms with van der Waals surface area (Å²) in [6.45, 7) is 1.62. The van der Waals surface area contributed by atoms with Crippen molar-refractivity contribution >= 4 is 11.9 Å². The summed E-state index contributed by atoms with van der Waals surface area (Å²) in [6.07, 6.45) is -3.76. The fourth-order valence-corrected chi connectivity index (χ4v) is 2.31. The Labute approximate surface area is 109 Å². The minimum Gasteiger partial charge on any atom is -0.480 e. The first-order valence-corrected chi connectivity index (χ1v) is 6.35. The summed E-state index contributed by atoms with van der Waals surface area (Å²) in [5.74, 6) is -3.42. The molecule has 0 aromatic heterocycles. The van der Waals surface area contributed by atoms with E-state index in [1.54, 1.807) is 6.92 Å². The summed E-state index contributed by atoms with van der Waals surface area (Å²) >= 11 is 0. The molecule has 1 rings (SSSR count). The van der Waals surface area contributed by atoms with Crippen LogP contribution in [0.25, 0.3) is 0 Å². The summed E-state index contributed by atoms with van der Waals surface area (Å²) in [5.41, 5.74) is 0. The third-order valence-electron chi connectivity index (χ3n) is 3.58. The minimum atomic E-state index is -4.20. The molecule has 110 valence electrons. The van der Waals surface area contributed by atoms with Crippen LogP contribution in [0.4, 0.5) is 13.2 Å². The van der Waals surface area contributed by atoms with Gasteiger partial charge in [-0.25, -0.2) is 4.79 Å². The van der Waals surface area contributed by atoms with Gasteiger partial charge in [-0.1, -0.05) is 6.92 Å². The van der Waals surface area contributed by atoms with Crippen LogP contribution in [0.5, 0.6) is 0 Å². The Balaban J connectivity index is 2.47. The zero-order valence-electron chi connectivity index (χ0n) is 10.7. The number of carboxylic acids is 1. The summed E-state index contributed by atoms with van der Waals surface area (Å²) < 4.78 is 37.4. The van der Waals surface area contributed by atoms with Gasteiger partial charge in [0, 0.05) is 5.92 Å². The quantitative estimate of drug-likeness (QED) is 0.831. The Morgan fingerprint density at radius 2 is 1.79 bits per heavy atom. The fraction of sp³-hybridized carbons (Fsp3) is 0.833. The zero-order chi connectivity index (χ0) is 14.6. The van der Waals surface area contributed by atoms with Crippen LogP contribution in [0.3, 0.4) is 0 Å². The summed E-state index contributed by atoms with van der Waals surface area (Å²) in [6, 6.07) is -0.965. The zero-order valence-corrected chi connectivity index (χ0v) is 10.7. The van der Waals surface area contributed by atoms with Crippen LogP contribution in [0.2, 0.25) is 0 Å². The van der Waals surface area contributed by atoms with Crippen molar-refractivity contribution in [2.45, 2.75) is 51.2 Å². The molecule has 0 bridgehead atoms. The summed E-state index contributed by atoms with van der Waals surface area (Å²) in [5, 5.41) is 11.2. The van der Waals surface area contributed by atoms with Gasteiger partial charge in [-0.3, -0.25) is 4.79 Å². The molecule has 0 heterocycles. The molecule has 1 atom stereocenters. The van der Waals surface area contributed by atoms with Crippen molar-refractivity contribution in [1.29, 1.82) is 0 Å². The van der Waals surface area contributed by atoms with E-state index in [1.807, 2.05) is 0 Å². The van der Waals surface area contributed by atoms with E-state index in [0.29, 0.717) is 0 Å². The van der Waals surface area contributed by atoms with Crippen LogP contribution < -0.4 is 5.32 Å². The van der Waals surface area contributed by atoms with Gasteiger partial charge in [-0.15, -0.1) is 0 Å². The standard InChI is InChI=1S/C12H18F3NO3/c1-2-9(11(18)19)16-10(17)7-3-5-8(6-4-7)12(13,14)15/h7-9H,2-6H2,1H3,(H,16,17)(H,18,19). The topological polar surface area (TPSA) is 66.4 Å². The average molecular weight is 281 g/mol. The Bertz CT molecular complexity index is 336. The number of halogens is 3. The lowest BCUT2D eigenvalue weighted by molar-refractivity contribution is -0.184. The first kappa shape index (κ1) is 15.8. The summed E-state index contributed by atoms with van der Waals surface area (Å²) in [7, 11) is 0. The Morgan fingerprint density at radius 3 is 2.16 bits per heavy atom. The van der Waals surface area contributed by atoms with Crippen molar-refractivity contribution < 1.29 is 27.9 Å². The first-order valence-electron chi connectivity index (χ1n) is 6.35. The molecule has 7 heteroatoms. The fourth-order valence-electron chi connectivity index (χ4n) is 2.31. The van der Waals surface area contributed by atoms with Gasteiger partial charge >= 0.3 is 12.1 Å². The van der Waals surface area contributed by atoms with E-state index < -0.39 is 35.9 Å².